The highest BCUT2D eigenvalue weighted by atomic mass is 19.1. The van der Waals surface area contributed by atoms with Crippen LogP contribution in [0.5, 0.6) is 5.75 Å². The molecule has 1 aliphatic rings. The number of carbonyl (C=O) groups excluding carboxylic acids is 3. The summed E-state index contributed by atoms with van der Waals surface area (Å²) in [7, 11) is 1.95. The van der Waals surface area contributed by atoms with E-state index < -0.39 is 29.2 Å². The second-order valence-corrected chi connectivity index (χ2v) is 20.8. The van der Waals surface area contributed by atoms with Gasteiger partial charge in [-0.2, -0.15) is 5.10 Å². The maximum Gasteiger partial charge on any atom is 0.313 e. The van der Waals surface area contributed by atoms with Gasteiger partial charge in [0, 0.05) is 48.6 Å². The predicted octanol–water partition coefficient (Wildman–Crippen LogP) is 7.40. The van der Waals surface area contributed by atoms with Gasteiger partial charge in [0.05, 0.1) is 136 Å². The van der Waals surface area contributed by atoms with Crippen molar-refractivity contribution in [3.63, 3.8) is 0 Å². The summed E-state index contributed by atoms with van der Waals surface area (Å²) in [5.41, 5.74) is 7.22. The highest BCUT2D eigenvalue weighted by Gasteiger charge is 2.33. The van der Waals surface area contributed by atoms with Gasteiger partial charge in [-0.3, -0.25) is 24.4 Å². The quantitative estimate of drug-likeness (QED) is 0.0149. The minimum atomic E-state index is -1.30. The predicted molar refractivity (Wildman–Crippen MR) is 321 cm³/mol. The summed E-state index contributed by atoms with van der Waals surface area (Å²) >= 11 is 0. The number of hydrogen-bond donors (Lipinski definition) is 3. The lowest BCUT2D eigenvalue weighted by atomic mass is 9.97. The van der Waals surface area contributed by atoms with Crippen LogP contribution in [0.3, 0.4) is 0 Å². The summed E-state index contributed by atoms with van der Waals surface area (Å²) in [5, 5.41) is 26.3. The maximum absolute atomic E-state index is 13.5. The van der Waals surface area contributed by atoms with Crippen LogP contribution in [-0.4, -0.2) is 201 Å². The molecule has 4 heterocycles. The Balaban J connectivity index is 0.000000431. The molecule has 0 bridgehead atoms. The first kappa shape index (κ1) is 75.2. The van der Waals surface area contributed by atoms with Crippen molar-refractivity contribution in [1.29, 1.82) is 0 Å². The van der Waals surface area contributed by atoms with E-state index in [4.69, 9.17) is 42.7 Å². The summed E-state index contributed by atoms with van der Waals surface area (Å²) < 4.78 is 92.1. The number of unbranched alkanes of at least 4 members (excludes halogenated alkanes) is 1. The first-order chi connectivity index (χ1) is 42.2. The van der Waals surface area contributed by atoms with Crippen LogP contribution in [0.15, 0.2) is 61.1 Å². The number of halogens is 3. The minimum Gasteiger partial charge on any atom is -0.420 e. The van der Waals surface area contributed by atoms with Crippen LogP contribution in [0.1, 0.15) is 131 Å². The first-order valence-corrected chi connectivity index (χ1v) is 30.0. The van der Waals surface area contributed by atoms with E-state index in [0.717, 1.165) is 49.4 Å². The molecule has 26 heteroatoms. The largest absolute Gasteiger partial charge is 0.420 e. The van der Waals surface area contributed by atoms with Crippen LogP contribution in [-0.2, 0) is 60.4 Å². The number of aryl methyl sites for hydroxylation is 2. The van der Waals surface area contributed by atoms with Gasteiger partial charge in [0.25, 0.3) is 0 Å². The molecule has 1 aliphatic heterocycles. The molecule has 1 saturated heterocycles. The lowest BCUT2D eigenvalue weighted by Crippen LogP contribution is -2.37. The van der Waals surface area contributed by atoms with Crippen LogP contribution in [0.4, 0.5) is 13.2 Å². The highest BCUT2D eigenvalue weighted by Crippen LogP contribution is 2.33. The molecule has 0 saturated carbocycles. The monoisotopic (exact) mass is 1230 g/mol. The smallest absolute Gasteiger partial charge is 0.313 e. The van der Waals surface area contributed by atoms with E-state index in [1.54, 1.807) is 4.68 Å². The van der Waals surface area contributed by atoms with E-state index in [1.165, 1.54) is 50.2 Å². The Hall–Kier alpha value is -6.07. The van der Waals surface area contributed by atoms with E-state index in [2.05, 4.69) is 128 Å². The van der Waals surface area contributed by atoms with Crippen molar-refractivity contribution < 1.29 is 70.2 Å². The van der Waals surface area contributed by atoms with Crippen LogP contribution < -0.4 is 15.8 Å². The molecule has 0 radical (unpaired) electrons. The lowest BCUT2D eigenvalue weighted by molar-refractivity contribution is -0.136. The molecule has 6 rings (SSSR count). The van der Waals surface area contributed by atoms with Crippen LogP contribution >= 0.6 is 0 Å². The van der Waals surface area contributed by atoms with E-state index in [0.29, 0.717) is 140 Å². The molecule has 488 valence electrons. The van der Waals surface area contributed by atoms with Crippen LogP contribution in [0.25, 0.3) is 0 Å². The number of rotatable bonds is 42. The summed E-state index contributed by atoms with van der Waals surface area (Å²) in [5.74, 6) is -2.36. The molecule has 0 aliphatic carbocycles. The molecule has 4 unspecified atom stereocenters. The van der Waals surface area contributed by atoms with Gasteiger partial charge in [-0.05, 0) is 97.3 Å². The van der Waals surface area contributed by atoms with Gasteiger partial charge < -0.3 is 58.2 Å². The number of nitrogens with two attached hydrogens (primary N) is 1. The van der Waals surface area contributed by atoms with Gasteiger partial charge >= 0.3 is 5.97 Å². The fraction of sp³-hybridized carbons (Fsp3) is 0.639. The Morgan fingerprint density at radius 3 is 1.82 bits per heavy atom. The molecule has 5 aromatic rings. The number of nitrogens with one attached hydrogen (secondary N) is 2. The number of benzene rings is 2. The van der Waals surface area contributed by atoms with Gasteiger partial charge in [-0.1, -0.05) is 56.3 Å². The Bertz CT molecular complexity index is 2510. The third-order valence-corrected chi connectivity index (χ3v) is 13.7. The molecular weight excluding hydrogens is 1140 g/mol. The van der Waals surface area contributed by atoms with Crippen molar-refractivity contribution in [2.75, 3.05) is 126 Å². The van der Waals surface area contributed by atoms with E-state index in [9.17, 15) is 22.8 Å². The van der Waals surface area contributed by atoms with Crippen molar-refractivity contribution in [3.8, 4) is 5.75 Å². The Morgan fingerprint density at radius 1 is 0.759 bits per heavy atom. The molecule has 2 aromatic carbocycles. The number of nitrogens with zero attached hydrogens (tertiary/aromatic N) is 8. The number of aldehydes is 1. The summed E-state index contributed by atoms with van der Waals surface area (Å²) in [6.45, 7) is 22.8. The summed E-state index contributed by atoms with van der Waals surface area (Å²) in [6.07, 6.45) is 13.9. The second kappa shape index (κ2) is 47.0. The molecular formula is C61H96F3N11O12. The number of H-pyrrole nitrogens is 1. The average Bonchev–Trinajstić information content (AvgIpc) is 2.37. The molecule has 4 atom stereocenters. The molecule has 3 aromatic heterocycles. The van der Waals surface area contributed by atoms with Crippen molar-refractivity contribution in [3.05, 3.63) is 107 Å². The number of likely N-dealkylation sites (tertiary alicyclic amines) is 1. The molecule has 1 amide bonds. The Labute approximate surface area is 511 Å². The number of hydrogen-bond acceptors (Lipinski definition) is 19. The zero-order chi connectivity index (χ0) is 63.3. The average molecular weight is 1230 g/mol. The van der Waals surface area contributed by atoms with E-state index in [-0.39, 0.29) is 32.7 Å². The second-order valence-electron chi connectivity index (χ2n) is 20.8. The maximum atomic E-state index is 13.5. The van der Waals surface area contributed by atoms with Crippen molar-refractivity contribution >= 4 is 18.7 Å². The standard InChI is InChI=1S/C32H51F3N4O10.C24H38N4.C4H4N2O.CH3NO/c1-36-6-3-2-4-28-26-39(38-37-28)7-9-42-11-13-44-15-17-46-19-21-48-23-22-47-20-18-45-16-14-43-12-10-41-8-5-31(40)49-32-29(34)24-27(33)25-30(32)35;1-17(2)24-26-25-21(6)28(24)20(5)16-23-13-12-19(4)27(23)15-14-18(3)22-10-8-7-9-11-22;7-3-4-1-5-6-2-4;2-1-3/h24-26,36H,2-23H2,1H3;7-11,17-20,23H,12-16H2,1-6H3;1-3H,(H,5,6);1H,(H2,2,3). The topological polar surface area (TPSA) is 266 Å². The number of carbonyl (C=O) groups is 3. The fourth-order valence-electron chi connectivity index (χ4n) is 9.14. The van der Waals surface area contributed by atoms with Crippen LogP contribution in [0.2, 0.25) is 0 Å². The van der Waals surface area contributed by atoms with Gasteiger partial charge in [-0.25, -0.2) is 17.9 Å². The van der Waals surface area contributed by atoms with E-state index >= 15 is 0 Å². The highest BCUT2D eigenvalue weighted by molar-refractivity contribution is 5.73. The number of esters is 1. The number of aromatic nitrogens is 8. The number of ether oxygens (including phenoxy) is 9. The zero-order valence-electron chi connectivity index (χ0n) is 52.1. The Morgan fingerprint density at radius 2 is 1.31 bits per heavy atom. The van der Waals surface area contributed by atoms with Crippen molar-refractivity contribution in [1.82, 2.24) is 50.2 Å². The SMILES string of the molecule is CNCCCCc1cn(CCOCCOCCOCCOCCOCCOCCOCCOCCC(=O)Oc2c(F)cc(F)cc2F)nn1.Cc1nnc(C(C)C)n1C(C)CC1CCC(C)N1CCC(C)c1ccccc1.NC=O.O=Cc1cn[nH]c1. The van der Waals surface area contributed by atoms with Gasteiger partial charge in [-0.15, -0.1) is 15.3 Å². The zero-order valence-corrected chi connectivity index (χ0v) is 52.1. The minimum absolute atomic E-state index is 0.0324. The molecule has 0 spiro atoms. The number of aromatic amines is 1. The lowest BCUT2D eigenvalue weighted by Gasteiger charge is -2.32. The Kier molecular flexibility index (Phi) is 40.6. The summed E-state index contributed by atoms with van der Waals surface area (Å²) in [6, 6.07) is 13.6. The summed E-state index contributed by atoms with van der Waals surface area (Å²) in [4.78, 5) is 32.8. The van der Waals surface area contributed by atoms with E-state index in [1.807, 2.05) is 13.2 Å². The van der Waals surface area contributed by atoms with Crippen molar-refractivity contribution in [2.45, 2.75) is 129 Å². The van der Waals surface area contributed by atoms with Gasteiger partial charge in [0.1, 0.15) is 17.5 Å². The molecule has 1 fully saturated rings. The van der Waals surface area contributed by atoms with Crippen molar-refractivity contribution in [2.24, 2.45) is 5.73 Å². The fourth-order valence-corrected chi connectivity index (χ4v) is 9.14. The third kappa shape index (κ3) is 32.7. The number of primary amides is 1. The number of amides is 1. The van der Waals surface area contributed by atoms with Crippen LogP contribution in [0, 0.1) is 24.4 Å². The van der Waals surface area contributed by atoms with Gasteiger partial charge in [0.2, 0.25) is 12.2 Å². The molecule has 87 heavy (non-hydrogen) atoms. The third-order valence-electron chi connectivity index (χ3n) is 13.7. The van der Waals surface area contributed by atoms with Gasteiger partial charge in [0.15, 0.2) is 17.9 Å². The molecule has 23 nitrogen and oxygen atoms in total. The first-order valence-electron chi connectivity index (χ1n) is 30.0. The normalized spacial score (nSPS) is 14.6. The molecule has 4 N–H and O–H groups in total.